The third-order valence-electron chi connectivity index (χ3n) is 2.80. The molecule has 0 atom stereocenters. The van der Waals surface area contributed by atoms with Gasteiger partial charge in [-0.2, -0.15) is 22.7 Å². The van der Waals surface area contributed by atoms with Gasteiger partial charge < -0.3 is 24.7 Å². The Bertz CT molecular complexity index is 670. The number of oxime groups is 1. The quantitative estimate of drug-likeness (QED) is 0.285. The molecule has 2 rings (SSSR count). The van der Waals surface area contributed by atoms with Crippen molar-refractivity contribution in [1.29, 1.82) is 0 Å². The molecule has 0 saturated carbocycles. The minimum atomic E-state index is -1.51. The number of rotatable bonds is 8. The maximum atomic E-state index is 9.53. The number of thiophene rings is 2. The van der Waals surface area contributed by atoms with Gasteiger partial charge in [0.1, 0.15) is 12.3 Å². The number of quaternary nitrogens is 1. The number of carbonyl (C=O) groups excluding carboxylic acids is 1. The molecule has 0 bridgehead atoms. The second kappa shape index (κ2) is 12.0. The Morgan fingerprint density at radius 3 is 2.12 bits per heavy atom. The Morgan fingerprint density at radius 1 is 1.19 bits per heavy atom. The smallest absolute Gasteiger partial charge is 0.328 e. The zero-order chi connectivity index (χ0) is 19.4. The Kier molecular flexibility index (Phi) is 9.91. The van der Waals surface area contributed by atoms with Gasteiger partial charge in [0.25, 0.3) is 0 Å². The monoisotopic (exact) mass is 396 g/mol. The van der Waals surface area contributed by atoms with Gasteiger partial charge in [-0.3, -0.25) is 0 Å². The number of carbonyl (C=O) groups is 2. The molecule has 0 aliphatic heterocycles. The molecule has 0 fully saturated rings. The van der Waals surface area contributed by atoms with E-state index in [4.69, 9.17) is 9.94 Å². The van der Waals surface area contributed by atoms with E-state index in [0.29, 0.717) is 18.8 Å². The van der Waals surface area contributed by atoms with E-state index in [1.165, 1.54) is 4.90 Å². The van der Waals surface area contributed by atoms with Crippen molar-refractivity contribution in [1.82, 2.24) is 0 Å². The van der Waals surface area contributed by atoms with Crippen molar-refractivity contribution in [2.24, 2.45) is 5.16 Å². The van der Waals surface area contributed by atoms with Crippen LogP contribution in [0.5, 0.6) is 0 Å². The molecule has 0 aromatic carbocycles. The molecule has 26 heavy (non-hydrogen) atoms. The average Bonchev–Trinajstić information content (AvgIpc) is 3.27. The number of nitrogens with one attached hydrogen (secondary N) is 1. The lowest BCUT2D eigenvalue weighted by Gasteiger charge is -2.06. The number of nitrogens with zero attached hydrogens (tertiary/aromatic N) is 1. The molecule has 9 heteroatoms. The van der Waals surface area contributed by atoms with E-state index in [1.807, 2.05) is 0 Å². The van der Waals surface area contributed by atoms with Gasteiger partial charge in [-0.25, -0.2) is 4.79 Å². The fourth-order valence-electron chi connectivity index (χ4n) is 1.57. The second-order valence-corrected chi connectivity index (χ2v) is 6.80. The van der Waals surface area contributed by atoms with Crippen molar-refractivity contribution in [3.8, 4) is 0 Å². The number of likely N-dealkylation sites (N-methyl/N-ethyl adjacent to an activating group) is 1. The van der Waals surface area contributed by atoms with Gasteiger partial charge in [0, 0.05) is 28.0 Å². The first kappa shape index (κ1) is 21.6. The third kappa shape index (κ3) is 9.11. The molecule has 0 aliphatic carbocycles. The summed E-state index contributed by atoms with van der Waals surface area (Å²) in [6.07, 6.45) is 0.942. The van der Waals surface area contributed by atoms with Gasteiger partial charge in [-0.1, -0.05) is 5.16 Å². The van der Waals surface area contributed by atoms with Gasteiger partial charge in [0.2, 0.25) is 0 Å². The Morgan fingerprint density at radius 2 is 1.77 bits per heavy atom. The van der Waals surface area contributed by atoms with Gasteiger partial charge >= 0.3 is 5.97 Å². The van der Waals surface area contributed by atoms with Gasteiger partial charge in [0.05, 0.1) is 20.1 Å². The largest absolute Gasteiger partial charge is 0.545 e. The molecule has 2 aromatic heterocycles. The van der Waals surface area contributed by atoms with Crippen molar-refractivity contribution in [3.05, 3.63) is 56.9 Å². The molecule has 140 valence electrons. The highest BCUT2D eigenvalue weighted by Gasteiger charge is 2.09. The third-order valence-corrected chi connectivity index (χ3v) is 4.17. The van der Waals surface area contributed by atoms with Crippen LogP contribution < -0.4 is 10.0 Å². The predicted octanol–water partition coefficient (Wildman–Crippen LogP) is 0.100. The summed E-state index contributed by atoms with van der Waals surface area (Å²) in [6, 6.07) is 4.14. The van der Waals surface area contributed by atoms with Crippen molar-refractivity contribution in [3.63, 3.8) is 0 Å². The van der Waals surface area contributed by atoms with E-state index in [-0.39, 0.29) is 0 Å². The fourth-order valence-corrected chi connectivity index (χ4v) is 2.85. The van der Waals surface area contributed by atoms with Crippen LogP contribution in [0.2, 0.25) is 0 Å². The summed E-state index contributed by atoms with van der Waals surface area (Å²) in [5, 5.41) is 29.8. The van der Waals surface area contributed by atoms with E-state index < -0.39 is 11.9 Å². The summed E-state index contributed by atoms with van der Waals surface area (Å²) in [4.78, 5) is 25.8. The molecule has 0 amide bonds. The van der Waals surface area contributed by atoms with Gasteiger partial charge in [-0.15, -0.1) is 0 Å². The molecule has 0 radical (unpaired) electrons. The van der Waals surface area contributed by atoms with Crippen LogP contribution in [0.1, 0.15) is 11.1 Å². The van der Waals surface area contributed by atoms with Crippen LogP contribution in [0, 0.1) is 0 Å². The van der Waals surface area contributed by atoms with E-state index in [2.05, 4.69) is 52.9 Å². The Balaban J connectivity index is 0.000000359. The topological polar surface area (TPSA) is 103 Å². The zero-order valence-electron chi connectivity index (χ0n) is 14.4. The minimum Gasteiger partial charge on any atom is -0.545 e. The Hall–Kier alpha value is -2.49. The Labute approximate surface area is 159 Å². The first-order valence-corrected chi connectivity index (χ1v) is 9.44. The first-order valence-electron chi connectivity index (χ1n) is 7.56. The summed E-state index contributed by atoms with van der Waals surface area (Å²) in [7, 11) is 4.21. The first-order chi connectivity index (χ1) is 12.4. The zero-order valence-corrected chi connectivity index (χ0v) is 16.0. The summed E-state index contributed by atoms with van der Waals surface area (Å²) in [5.74, 6) is -2.80. The minimum absolute atomic E-state index is 0.447. The second-order valence-electron chi connectivity index (χ2n) is 5.24. The van der Waals surface area contributed by atoms with Gasteiger partial charge in [0.15, 0.2) is 6.61 Å². The molecular formula is C17H20N2O5S2. The highest BCUT2D eigenvalue weighted by Crippen LogP contribution is 2.16. The van der Waals surface area contributed by atoms with Crippen LogP contribution in [0.25, 0.3) is 0 Å². The van der Waals surface area contributed by atoms with E-state index in [1.54, 1.807) is 22.7 Å². The van der Waals surface area contributed by atoms with E-state index in [0.717, 1.165) is 23.4 Å². The van der Waals surface area contributed by atoms with Crippen LogP contribution in [0.4, 0.5) is 0 Å². The number of aliphatic carboxylic acids is 2. The van der Waals surface area contributed by atoms with Gasteiger partial charge in [-0.05, 0) is 29.0 Å². The van der Waals surface area contributed by atoms with Crippen molar-refractivity contribution in [2.45, 2.75) is 0 Å². The number of hydrogen-bond donors (Lipinski definition) is 2. The number of hydrogen-bond acceptors (Lipinski definition) is 7. The lowest BCUT2D eigenvalue weighted by atomic mass is 10.1. The summed E-state index contributed by atoms with van der Waals surface area (Å²) >= 11 is 3.34. The number of carboxylic acid groups (broad SMARTS) is 2. The maximum Gasteiger partial charge on any atom is 0.328 e. The SMILES string of the molecule is C[NH+](C)CCON=C(c1ccsc1)c1ccsc1.O=C([O-])/C=C/C(=O)O. The normalized spacial score (nSPS) is 10.3. The molecule has 0 saturated heterocycles. The molecule has 7 nitrogen and oxygen atoms in total. The predicted molar refractivity (Wildman–Crippen MR) is 99.7 cm³/mol. The number of carboxylic acids is 2. The van der Waals surface area contributed by atoms with Crippen LogP contribution in [0.15, 0.2) is 51.0 Å². The van der Waals surface area contributed by atoms with Crippen molar-refractivity contribution >= 4 is 40.3 Å². The molecule has 0 spiro atoms. The van der Waals surface area contributed by atoms with Crippen LogP contribution in [0.3, 0.4) is 0 Å². The highest BCUT2D eigenvalue weighted by atomic mass is 32.1. The summed E-state index contributed by atoms with van der Waals surface area (Å²) < 4.78 is 0. The summed E-state index contributed by atoms with van der Waals surface area (Å²) in [6.45, 7) is 1.59. The molecule has 2 N–H and O–H groups in total. The summed E-state index contributed by atoms with van der Waals surface area (Å²) in [5.41, 5.74) is 3.16. The molecule has 2 aromatic rings. The van der Waals surface area contributed by atoms with Crippen molar-refractivity contribution in [2.75, 3.05) is 27.2 Å². The van der Waals surface area contributed by atoms with Crippen LogP contribution in [-0.4, -0.2) is 50.0 Å². The van der Waals surface area contributed by atoms with E-state index in [9.17, 15) is 14.7 Å². The molecule has 0 aliphatic rings. The maximum absolute atomic E-state index is 9.53. The lowest BCUT2D eigenvalue weighted by molar-refractivity contribution is -0.858. The van der Waals surface area contributed by atoms with Crippen LogP contribution in [-0.2, 0) is 14.4 Å². The standard InChI is InChI=1S/C13H16N2OS2.C4H4O4/c1-15(2)5-6-16-14-13(11-3-7-17-9-11)12-4-8-18-10-12;5-3(6)1-2-4(7)8/h3-4,7-10H,5-6H2,1-2H3;1-2H,(H,5,6)(H,7,8)/b;2-1+. The highest BCUT2D eigenvalue weighted by molar-refractivity contribution is 7.08. The van der Waals surface area contributed by atoms with Crippen LogP contribution >= 0.6 is 22.7 Å². The van der Waals surface area contributed by atoms with Crippen molar-refractivity contribution < 1.29 is 29.5 Å². The molecule has 0 unspecified atom stereocenters. The molecule has 2 heterocycles. The lowest BCUT2D eigenvalue weighted by Crippen LogP contribution is -3.06. The average molecular weight is 396 g/mol. The fraction of sp³-hybridized carbons (Fsp3) is 0.235. The molecular weight excluding hydrogens is 376 g/mol. The van der Waals surface area contributed by atoms with E-state index >= 15 is 0 Å².